The molecule has 0 amide bonds. The second-order valence-corrected chi connectivity index (χ2v) is 8.28. The SMILES string of the molecule is COc1ccc(S(=O)(=O)n2ccc3cccc(Nc4ccc(C#N)c(F)c4)c32)cc1. The maximum Gasteiger partial charge on any atom is 0.268 e. The zero-order valence-electron chi connectivity index (χ0n) is 15.8. The number of benzene rings is 3. The maximum absolute atomic E-state index is 14.0. The third kappa shape index (κ3) is 3.36. The number of nitrogens with one attached hydrogen (secondary N) is 1. The first kappa shape index (κ1) is 19.5. The first-order chi connectivity index (χ1) is 14.4. The van der Waals surface area contributed by atoms with E-state index in [0.717, 1.165) is 0 Å². The molecule has 0 saturated heterocycles. The third-order valence-electron chi connectivity index (χ3n) is 4.66. The number of halogens is 1. The van der Waals surface area contributed by atoms with E-state index in [1.165, 1.54) is 41.5 Å². The Labute approximate surface area is 172 Å². The lowest BCUT2D eigenvalue weighted by atomic mass is 10.2. The summed E-state index contributed by atoms with van der Waals surface area (Å²) in [7, 11) is -2.37. The van der Waals surface area contributed by atoms with Crippen molar-refractivity contribution < 1.29 is 17.5 Å². The number of fused-ring (bicyclic) bond motifs is 1. The highest BCUT2D eigenvalue weighted by atomic mass is 32.2. The van der Waals surface area contributed by atoms with E-state index in [4.69, 9.17) is 10.00 Å². The number of hydrogen-bond acceptors (Lipinski definition) is 5. The van der Waals surface area contributed by atoms with Gasteiger partial charge in [-0.05, 0) is 54.6 Å². The largest absolute Gasteiger partial charge is 0.497 e. The Bertz CT molecular complexity index is 1390. The van der Waals surface area contributed by atoms with Gasteiger partial charge in [-0.25, -0.2) is 16.8 Å². The molecule has 1 aromatic heterocycles. The van der Waals surface area contributed by atoms with Crippen molar-refractivity contribution in [2.24, 2.45) is 0 Å². The zero-order valence-corrected chi connectivity index (χ0v) is 16.7. The van der Waals surface area contributed by atoms with Gasteiger partial charge in [-0.15, -0.1) is 0 Å². The van der Waals surface area contributed by atoms with Gasteiger partial charge in [0, 0.05) is 17.3 Å². The molecule has 3 aromatic carbocycles. The molecule has 0 saturated carbocycles. The fourth-order valence-corrected chi connectivity index (χ4v) is 4.54. The van der Waals surface area contributed by atoms with Crippen molar-refractivity contribution in [3.8, 4) is 11.8 Å². The van der Waals surface area contributed by atoms with Crippen LogP contribution >= 0.6 is 0 Å². The molecule has 0 unspecified atom stereocenters. The van der Waals surface area contributed by atoms with Crippen molar-refractivity contribution in [2.75, 3.05) is 12.4 Å². The molecule has 0 spiro atoms. The second kappa shape index (κ2) is 7.54. The summed E-state index contributed by atoms with van der Waals surface area (Å²) < 4.78 is 46.8. The zero-order chi connectivity index (χ0) is 21.3. The predicted molar refractivity (Wildman–Crippen MR) is 112 cm³/mol. The standard InChI is InChI=1S/C22H16FN3O3S/c1-29-18-7-9-19(10-8-18)30(27,28)26-12-11-15-3-2-4-21(22(15)26)25-17-6-5-16(14-24)20(23)13-17/h2-13,25H,1H3. The van der Waals surface area contributed by atoms with Gasteiger partial charge in [0.05, 0.1) is 28.8 Å². The molecule has 0 aliphatic heterocycles. The fourth-order valence-electron chi connectivity index (χ4n) is 3.17. The van der Waals surface area contributed by atoms with Gasteiger partial charge in [-0.2, -0.15) is 5.26 Å². The van der Waals surface area contributed by atoms with E-state index in [9.17, 15) is 12.8 Å². The lowest BCUT2D eigenvalue weighted by Gasteiger charge is -2.13. The molecule has 0 aliphatic carbocycles. The number of nitriles is 1. The number of methoxy groups -OCH3 is 1. The third-order valence-corrected chi connectivity index (χ3v) is 6.35. The van der Waals surface area contributed by atoms with E-state index >= 15 is 0 Å². The van der Waals surface area contributed by atoms with Crippen LogP contribution in [-0.4, -0.2) is 19.5 Å². The van der Waals surface area contributed by atoms with Crippen molar-refractivity contribution >= 4 is 32.3 Å². The van der Waals surface area contributed by atoms with E-state index in [0.29, 0.717) is 28.0 Å². The predicted octanol–water partition coefficient (Wildman–Crippen LogP) is 4.64. The van der Waals surface area contributed by atoms with Crippen molar-refractivity contribution in [2.45, 2.75) is 4.90 Å². The molecule has 0 fully saturated rings. The van der Waals surface area contributed by atoms with Crippen LogP contribution in [0.15, 0.2) is 77.8 Å². The number of para-hydroxylation sites is 1. The summed E-state index contributed by atoms with van der Waals surface area (Å²) in [5.41, 5.74) is 1.24. The fraction of sp³-hybridized carbons (Fsp3) is 0.0455. The maximum atomic E-state index is 14.0. The molecule has 150 valence electrons. The van der Waals surface area contributed by atoms with Gasteiger partial charge >= 0.3 is 0 Å². The lowest BCUT2D eigenvalue weighted by Crippen LogP contribution is -2.12. The molecule has 4 rings (SSSR count). The minimum atomic E-state index is -3.88. The molecule has 8 heteroatoms. The number of aromatic nitrogens is 1. The first-order valence-electron chi connectivity index (χ1n) is 8.90. The van der Waals surface area contributed by atoms with Gasteiger partial charge in [0.25, 0.3) is 10.0 Å². The Kier molecular flexibility index (Phi) is 4.90. The van der Waals surface area contributed by atoms with E-state index in [-0.39, 0.29) is 10.5 Å². The van der Waals surface area contributed by atoms with Crippen LogP contribution in [0.4, 0.5) is 15.8 Å². The summed E-state index contributed by atoms with van der Waals surface area (Å²) in [5, 5.41) is 12.6. The van der Waals surface area contributed by atoms with Gasteiger partial charge in [0.15, 0.2) is 0 Å². The monoisotopic (exact) mass is 421 g/mol. The molecule has 4 aromatic rings. The molecular weight excluding hydrogens is 405 g/mol. The van der Waals surface area contributed by atoms with Gasteiger partial charge in [-0.1, -0.05) is 12.1 Å². The smallest absolute Gasteiger partial charge is 0.268 e. The van der Waals surface area contributed by atoms with Crippen LogP contribution in [-0.2, 0) is 10.0 Å². The van der Waals surface area contributed by atoms with Crippen molar-refractivity contribution in [3.63, 3.8) is 0 Å². The van der Waals surface area contributed by atoms with Gasteiger partial charge in [0.1, 0.15) is 17.6 Å². The topological polar surface area (TPSA) is 84.1 Å². The van der Waals surface area contributed by atoms with Crippen LogP contribution in [0.3, 0.4) is 0 Å². The highest BCUT2D eigenvalue weighted by Gasteiger charge is 2.21. The summed E-state index contributed by atoms with van der Waals surface area (Å²) in [6.07, 6.45) is 1.48. The summed E-state index contributed by atoms with van der Waals surface area (Å²) in [6, 6.07) is 19.0. The number of hydrogen-bond donors (Lipinski definition) is 1. The van der Waals surface area contributed by atoms with Crippen LogP contribution in [0.5, 0.6) is 5.75 Å². The van der Waals surface area contributed by atoms with Crippen LogP contribution < -0.4 is 10.1 Å². The highest BCUT2D eigenvalue weighted by molar-refractivity contribution is 7.90. The molecule has 0 aliphatic rings. The van der Waals surface area contributed by atoms with E-state index in [1.54, 1.807) is 48.5 Å². The molecule has 0 atom stereocenters. The molecule has 1 heterocycles. The van der Waals surface area contributed by atoms with Crippen molar-refractivity contribution in [1.82, 2.24) is 3.97 Å². The van der Waals surface area contributed by atoms with E-state index in [1.807, 2.05) is 0 Å². The quantitative estimate of drug-likeness (QED) is 0.507. The van der Waals surface area contributed by atoms with Gasteiger partial charge in [-0.3, -0.25) is 0 Å². The Hall–Kier alpha value is -3.83. The Morgan fingerprint density at radius 1 is 1.07 bits per heavy atom. The minimum Gasteiger partial charge on any atom is -0.497 e. The van der Waals surface area contributed by atoms with Gasteiger partial charge in [0.2, 0.25) is 0 Å². The number of ether oxygens (including phenoxy) is 1. The Morgan fingerprint density at radius 2 is 1.83 bits per heavy atom. The number of nitrogens with zero attached hydrogens (tertiary/aromatic N) is 2. The summed E-state index contributed by atoms with van der Waals surface area (Å²) >= 11 is 0. The molecule has 6 nitrogen and oxygen atoms in total. The van der Waals surface area contributed by atoms with Gasteiger partial charge < -0.3 is 10.1 Å². The summed E-state index contributed by atoms with van der Waals surface area (Å²) in [4.78, 5) is 0.111. The lowest BCUT2D eigenvalue weighted by molar-refractivity contribution is 0.414. The van der Waals surface area contributed by atoms with Crippen LogP contribution in [0.1, 0.15) is 5.56 Å². The molecule has 30 heavy (non-hydrogen) atoms. The van der Waals surface area contributed by atoms with E-state index in [2.05, 4.69) is 5.32 Å². The molecule has 0 bridgehead atoms. The second-order valence-electron chi connectivity index (χ2n) is 6.47. The molecular formula is C22H16FN3O3S. The Balaban J connectivity index is 1.81. The van der Waals surface area contributed by atoms with Crippen LogP contribution in [0.25, 0.3) is 10.9 Å². The highest BCUT2D eigenvalue weighted by Crippen LogP contribution is 2.31. The normalized spacial score (nSPS) is 11.2. The van der Waals surface area contributed by atoms with Crippen LogP contribution in [0, 0.1) is 17.1 Å². The average molecular weight is 421 g/mol. The summed E-state index contributed by atoms with van der Waals surface area (Å²) in [5.74, 6) is -0.104. The van der Waals surface area contributed by atoms with Crippen LogP contribution in [0.2, 0.25) is 0 Å². The van der Waals surface area contributed by atoms with E-state index < -0.39 is 15.8 Å². The minimum absolute atomic E-state index is 0.0655. The molecule has 1 N–H and O–H groups in total. The number of anilines is 2. The first-order valence-corrected chi connectivity index (χ1v) is 10.3. The van der Waals surface area contributed by atoms with Crippen molar-refractivity contribution in [1.29, 1.82) is 5.26 Å². The Morgan fingerprint density at radius 3 is 2.50 bits per heavy atom. The van der Waals surface area contributed by atoms with Crippen molar-refractivity contribution in [3.05, 3.63) is 84.3 Å². The summed E-state index contributed by atoms with van der Waals surface area (Å²) in [6.45, 7) is 0. The number of rotatable bonds is 5. The average Bonchev–Trinajstić information content (AvgIpc) is 3.20. The molecule has 0 radical (unpaired) electrons.